The van der Waals surface area contributed by atoms with E-state index < -0.39 is 23.9 Å². The molecule has 3 aromatic carbocycles. The monoisotopic (exact) mass is 710 g/mol. The Morgan fingerprint density at radius 3 is 0.852 bits per heavy atom. The van der Waals surface area contributed by atoms with E-state index in [0.717, 1.165) is 0 Å². The topological polar surface area (TPSA) is 105 Å². The molecule has 0 unspecified atom stereocenters. The fraction of sp³-hybridized carbons (Fsp3) is 0.0870. The Labute approximate surface area is 314 Å². The molecule has 0 fully saturated rings. The first-order valence-corrected chi connectivity index (χ1v) is 15.7. The fourth-order valence-corrected chi connectivity index (χ4v) is 3.43. The number of esters is 4. The van der Waals surface area contributed by atoms with Gasteiger partial charge < -0.3 is 18.9 Å². The second kappa shape index (κ2) is 19.9. The third-order valence-corrected chi connectivity index (χ3v) is 6.34. The minimum Gasteiger partial charge on any atom is -0.368 e. The van der Waals surface area contributed by atoms with Crippen LogP contribution in [0.1, 0.15) is 72.2 Å². The van der Waals surface area contributed by atoms with Gasteiger partial charge in [0, 0.05) is 66.8 Å². The number of carbonyl (C=O) groups is 4. The zero-order valence-corrected chi connectivity index (χ0v) is 29.9. The largest absolute Gasteiger partial charge is 0.368 e. The van der Waals surface area contributed by atoms with Crippen LogP contribution in [0.5, 0.6) is 0 Å². The molecule has 0 aromatic heterocycles. The molecule has 0 radical (unpaired) electrons. The highest BCUT2D eigenvalue weighted by Gasteiger charge is 2.08. The maximum absolute atomic E-state index is 12.0. The summed E-state index contributed by atoms with van der Waals surface area (Å²) in [5.41, 5.74) is 4.66. The Morgan fingerprint density at radius 1 is 0.370 bits per heavy atom. The van der Waals surface area contributed by atoms with E-state index in [9.17, 15) is 19.2 Å². The van der Waals surface area contributed by atoms with Gasteiger partial charge in [-0.25, -0.2) is 19.2 Å². The van der Waals surface area contributed by atoms with Gasteiger partial charge >= 0.3 is 23.9 Å². The van der Waals surface area contributed by atoms with Gasteiger partial charge in [-0.3, -0.25) is 0 Å². The third-order valence-electron chi connectivity index (χ3n) is 6.34. The van der Waals surface area contributed by atoms with Crippen LogP contribution >= 0.6 is 0 Å². The summed E-state index contributed by atoms with van der Waals surface area (Å²) in [6.45, 7) is 20.2. The van der Waals surface area contributed by atoms with Crippen molar-refractivity contribution in [3.8, 4) is 71.8 Å². The van der Waals surface area contributed by atoms with Gasteiger partial charge in [-0.2, -0.15) is 0 Å². The van der Waals surface area contributed by atoms with E-state index in [-0.39, 0.29) is 22.3 Å². The second-order valence-corrected chi connectivity index (χ2v) is 11.2. The van der Waals surface area contributed by atoms with Crippen LogP contribution in [-0.4, -0.2) is 23.9 Å². The third kappa shape index (κ3) is 13.3. The van der Waals surface area contributed by atoms with E-state index in [1.807, 2.05) is 0 Å². The van der Waals surface area contributed by atoms with Gasteiger partial charge in [0.05, 0.1) is 0 Å². The molecule has 0 N–H and O–H groups in total. The molecule has 8 nitrogen and oxygen atoms in total. The lowest BCUT2D eigenvalue weighted by molar-refractivity contribution is -0.133. The first-order chi connectivity index (χ1) is 25.7. The van der Waals surface area contributed by atoms with Crippen molar-refractivity contribution >= 4 is 23.9 Å². The molecule has 8 heteroatoms. The van der Waals surface area contributed by atoms with Crippen LogP contribution in [0.25, 0.3) is 0 Å². The number of hydrogen-bond acceptors (Lipinski definition) is 8. The lowest BCUT2D eigenvalue weighted by atomic mass is 9.98. The number of hydrogen-bond donors (Lipinski definition) is 0. The Bertz CT molecular complexity index is 2300. The summed E-state index contributed by atoms with van der Waals surface area (Å²) in [5.74, 6) is 20.7. The van der Waals surface area contributed by atoms with Crippen LogP contribution in [0.3, 0.4) is 0 Å². The van der Waals surface area contributed by atoms with E-state index in [0.29, 0.717) is 44.5 Å². The lowest BCUT2D eigenvalue weighted by Crippen LogP contribution is -2.00. The Kier molecular flexibility index (Phi) is 14.8. The average Bonchev–Trinajstić information content (AvgIpc) is 3.14. The SMILES string of the molecule is C=C(C)C(=O)OC#Cc1ccc(C#Cc2cc(C#COC(=O)C(=C)C)c(C#Cc3ccc(C#COC(=O)C(=C)C)cc3)cc2C#COC(=O)C(=C)C)cc1. The molecule has 0 heterocycles. The van der Waals surface area contributed by atoms with E-state index in [1.165, 1.54) is 27.7 Å². The summed E-state index contributed by atoms with van der Waals surface area (Å²) in [7, 11) is 0. The summed E-state index contributed by atoms with van der Waals surface area (Å²) in [4.78, 5) is 47.1. The zero-order valence-electron chi connectivity index (χ0n) is 29.9. The Hall–Kier alpha value is -8.14. The van der Waals surface area contributed by atoms with Crippen LogP contribution in [0.15, 0.2) is 109 Å². The van der Waals surface area contributed by atoms with Crippen LogP contribution in [0, 0.1) is 71.8 Å². The summed E-state index contributed by atoms with van der Waals surface area (Å²) in [6.07, 6.45) is 9.48. The number of rotatable bonds is 4. The molecule has 0 spiro atoms. The van der Waals surface area contributed by atoms with Crippen molar-refractivity contribution in [3.05, 3.63) is 154 Å². The number of benzene rings is 3. The highest BCUT2D eigenvalue weighted by atomic mass is 16.5. The molecule has 0 aliphatic rings. The molecule has 262 valence electrons. The van der Waals surface area contributed by atoms with Crippen molar-refractivity contribution in [3.63, 3.8) is 0 Å². The van der Waals surface area contributed by atoms with E-state index in [2.05, 4.69) is 98.1 Å². The Morgan fingerprint density at radius 2 is 0.593 bits per heavy atom. The van der Waals surface area contributed by atoms with Gasteiger partial charge in [0.2, 0.25) is 0 Å². The van der Waals surface area contributed by atoms with Crippen molar-refractivity contribution in [2.45, 2.75) is 27.7 Å². The molecule has 3 aromatic rings. The van der Waals surface area contributed by atoms with Gasteiger partial charge in [0.1, 0.15) is 24.4 Å². The van der Waals surface area contributed by atoms with Gasteiger partial charge in [-0.05, 0) is 112 Å². The summed E-state index contributed by atoms with van der Waals surface area (Å²) in [6, 6.07) is 16.9. The highest BCUT2D eigenvalue weighted by Crippen LogP contribution is 2.17. The second-order valence-electron chi connectivity index (χ2n) is 11.2. The van der Waals surface area contributed by atoms with Crippen molar-refractivity contribution in [2.75, 3.05) is 0 Å². The maximum atomic E-state index is 12.0. The van der Waals surface area contributed by atoms with Crippen LogP contribution in [0.4, 0.5) is 0 Å². The zero-order chi connectivity index (χ0) is 39.6. The Balaban J connectivity index is 2.08. The molecule has 0 aliphatic carbocycles. The summed E-state index contributed by atoms with van der Waals surface area (Å²) in [5, 5.41) is 0. The number of carbonyl (C=O) groups excluding carboxylic acids is 4. The summed E-state index contributed by atoms with van der Waals surface area (Å²) >= 11 is 0. The van der Waals surface area contributed by atoms with Crippen molar-refractivity contribution in [1.29, 1.82) is 0 Å². The van der Waals surface area contributed by atoms with Crippen molar-refractivity contribution in [1.82, 2.24) is 0 Å². The van der Waals surface area contributed by atoms with Crippen molar-refractivity contribution in [2.24, 2.45) is 0 Å². The maximum Gasteiger partial charge on any atom is 0.347 e. The minimum atomic E-state index is -0.698. The molecule has 0 atom stereocenters. The molecule has 0 amide bonds. The first-order valence-electron chi connectivity index (χ1n) is 15.7. The molecular weight excluding hydrogens is 680 g/mol. The van der Waals surface area contributed by atoms with Crippen LogP contribution in [-0.2, 0) is 38.1 Å². The van der Waals surface area contributed by atoms with E-state index in [1.54, 1.807) is 60.7 Å². The van der Waals surface area contributed by atoms with Crippen LogP contribution < -0.4 is 0 Å². The van der Waals surface area contributed by atoms with Crippen LogP contribution in [0.2, 0.25) is 0 Å². The molecule has 3 rings (SSSR count). The first kappa shape index (κ1) is 40.3. The average molecular weight is 711 g/mol. The van der Waals surface area contributed by atoms with Gasteiger partial charge in [0.25, 0.3) is 0 Å². The van der Waals surface area contributed by atoms with Gasteiger partial charge in [-0.15, -0.1) is 0 Å². The van der Waals surface area contributed by atoms with Crippen molar-refractivity contribution < 1.29 is 38.1 Å². The lowest BCUT2D eigenvalue weighted by Gasteiger charge is -2.03. The van der Waals surface area contributed by atoms with E-state index >= 15 is 0 Å². The molecule has 0 saturated heterocycles. The van der Waals surface area contributed by atoms with Gasteiger partial charge in [-0.1, -0.05) is 50.0 Å². The fourth-order valence-electron chi connectivity index (χ4n) is 3.43. The molecule has 0 saturated carbocycles. The predicted molar refractivity (Wildman–Crippen MR) is 202 cm³/mol. The summed E-state index contributed by atoms with van der Waals surface area (Å²) < 4.78 is 19.6. The molecule has 0 aliphatic heterocycles. The predicted octanol–water partition coefficient (Wildman–Crippen LogP) is 6.20. The smallest absolute Gasteiger partial charge is 0.347 e. The normalized spacial score (nSPS) is 8.81. The van der Waals surface area contributed by atoms with Gasteiger partial charge in [0.15, 0.2) is 0 Å². The molecule has 0 bridgehead atoms. The standard InChI is InChI=1S/C46H30O8/c1-31(2)43(47)51-25-21-37-13-9-35(10-14-37)17-19-39-29-42(24-28-54-46(50)34(7)8)40(30-41(39)23-27-53-45(49)33(5)6)20-18-36-11-15-38(16-12-36)22-26-52-44(48)32(3)4/h9-16,29-30H,1,3,5,7H2,2,4,6,8H3. The quantitative estimate of drug-likeness (QED) is 0.137. The highest BCUT2D eigenvalue weighted by molar-refractivity contribution is 5.89. The molecule has 54 heavy (non-hydrogen) atoms. The number of ether oxygens (including phenoxy) is 4. The van der Waals surface area contributed by atoms with E-state index in [4.69, 9.17) is 18.9 Å². The minimum absolute atomic E-state index is 0.165. The molecular formula is C46H30O8.